The van der Waals surface area contributed by atoms with Crippen LogP contribution >= 0.6 is 23.2 Å². The van der Waals surface area contributed by atoms with E-state index < -0.39 is 0 Å². The van der Waals surface area contributed by atoms with Crippen LogP contribution in [0.5, 0.6) is 5.75 Å². The highest BCUT2D eigenvalue weighted by molar-refractivity contribution is 6.35. The molecule has 1 atom stereocenters. The number of nitrogens with one attached hydrogen (secondary N) is 1. The number of H-pyrrole nitrogens is 1. The zero-order chi connectivity index (χ0) is 25.7. The van der Waals surface area contributed by atoms with Gasteiger partial charge in [-0.1, -0.05) is 23.2 Å². The van der Waals surface area contributed by atoms with Crippen LogP contribution in [-0.2, 0) is 0 Å². The van der Waals surface area contributed by atoms with Crippen molar-refractivity contribution in [1.82, 2.24) is 25.1 Å². The van der Waals surface area contributed by atoms with E-state index in [4.69, 9.17) is 32.9 Å². The third kappa shape index (κ3) is 4.17. The highest BCUT2D eigenvalue weighted by Gasteiger charge is 2.46. The fourth-order valence-electron chi connectivity index (χ4n) is 5.26. The van der Waals surface area contributed by atoms with Crippen LogP contribution in [0.4, 0.5) is 5.82 Å². The molecule has 0 spiro atoms. The Labute approximate surface area is 224 Å². The number of rotatable bonds is 6. The maximum atomic E-state index is 9.91. The first-order valence-corrected chi connectivity index (χ1v) is 13.0. The number of likely N-dealkylation sites (tertiary alicyclic amines) is 1. The van der Waals surface area contributed by atoms with Gasteiger partial charge in [-0.15, -0.1) is 0 Å². The summed E-state index contributed by atoms with van der Waals surface area (Å²) in [6.45, 7) is 8.24. The summed E-state index contributed by atoms with van der Waals surface area (Å²) in [5.74, 6) is 1.37. The summed E-state index contributed by atoms with van der Waals surface area (Å²) >= 11 is 12.6. The third-order valence-corrected chi connectivity index (χ3v) is 7.99. The van der Waals surface area contributed by atoms with Gasteiger partial charge in [0, 0.05) is 61.3 Å². The van der Waals surface area contributed by atoms with E-state index in [1.165, 1.54) is 6.42 Å². The number of ether oxygens (including phenoxy) is 1. The van der Waals surface area contributed by atoms with Gasteiger partial charge >= 0.3 is 0 Å². The zero-order valence-electron chi connectivity index (χ0n) is 20.5. The van der Waals surface area contributed by atoms with Gasteiger partial charge in [0.25, 0.3) is 0 Å². The van der Waals surface area contributed by atoms with Gasteiger partial charge in [-0.3, -0.25) is 15.0 Å². The van der Waals surface area contributed by atoms with Crippen LogP contribution in [0.1, 0.15) is 37.5 Å². The first-order chi connectivity index (χ1) is 17.9. The maximum Gasteiger partial charge on any atom is 0.146 e. The highest BCUT2D eigenvalue weighted by atomic mass is 35.5. The number of hydrogen-bond acceptors (Lipinski definition) is 7. The Hall–Kier alpha value is -3.38. The predicted octanol–water partition coefficient (Wildman–Crippen LogP) is 5.62. The zero-order valence-corrected chi connectivity index (χ0v) is 22.0. The summed E-state index contributed by atoms with van der Waals surface area (Å²) in [4.78, 5) is 13.4. The summed E-state index contributed by atoms with van der Waals surface area (Å²) in [5.41, 5.74) is 3.72. The van der Waals surface area contributed by atoms with E-state index in [9.17, 15) is 5.26 Å². The molecule has 0 unspecified atom stereocenters. The normalized spacial score (nSPS) is 17.6. The largest absolute Gasteiger partial charge is 0.486 e. The van der Waals surface area contributed by atoms with Gasteiger partial charge < -0.3 is 9.64 Å². The quantitative estimate of drug-likeness (QED) is 0.343. The van der Waals surface area contributed by atoms with Crippen molar-refractivity contribution in [3.8, 4) is 23.1 Å². The van der Waals surface area contributed by atoms with Crippen LogP contribution < -0.4 is 9.64 Å². The molecule has 2 aliphatic heterocycles. The van der Waals surface area contributed by atoms with E-state index in [1.54, 1.807) is 18.6 Å². The molecule has 4 aromatic rings. The molecule has 8 nitrogen and oxygen atoms in total. The molecule has 2 saturated heterocycles. The summed E-state index contributed by atoms with van der Waals surface area (Å²) in [5, 5.41) is 19.3. The molecule has 6 rings (SSSR count). The third-order valence-electron chi connectivity index (χ3n) is 7.39. The molecule has 0 radical (unpaired) electrons. The second-order valence-corrected chi connectivity index (χ2v) is 10.8. The molecule has 1 aromatic carbocycles. The van der Waals surface area contributed by atoms with Crippen molar-refractivity contribution in [2.24, 2.45) is 0 Å². The number of benzene rings is 1. The van der Waals surface area contributed by atoms with Crippen molar-refractivity contribution in [3.05, 3.63) is 64.0 Å². The summed E-state index contributed by atoms with van der Waals surface area (Å²) < 4.78 is 6.18. The standard InChI is InChI=1S/C27H25Cl2N7O/c1-16(24-21(28)12-31-13-22(24)29)37-19-4-5-23-20(9-19)25(34-33-23)18-8-17(10-30)26(32-11-18)35-14-27(2,15-35)36-6-3-7-36/h4-5,8-9,11-13,16H,3,6-7,14-15H2,1-2H3,(H,33,34)/t16-/m1/s1. The second kappa shape index (κ2) is 9.18. The lowest BCUT2D eigenvalue weighted by atomic mass is 9.87. The van der Waals surface area contributed by atoms with Crippen LogP contribution in [0.25, 0.3) is 22.2 Å². The minimum atomic E-state index is -0.389. The fraction of sp³-hybridized carbons (Fsp3) is 0.333. The highest BCUT2D eigenvalue weighted by Crippen LogP contribution is 2.38. The molecule has 10 heteroatoms. The fourth-order valence-corrected chi connectivity index (χ4v) is 5.93. The van der Waals surface area contributed by atoms with Crippen LogP contribution in [0.3, 0.4) is 0 Å². The van der Waals surface area contributed by atoms with Crippen molar-refractivity contribution >= 4 is 39.9 Å². The average molecular weight is 534 g/mol. The molecule has 0 bridgehead atoms. The van der Waals surface area contributed by atoms with E-state index in [0.717, 1.165) is 48.5 Å². The molecular weight excluding hydrogens is 509 g/mol. The van der Waals surface area contributed by atoms with Gasteiger partial charge in [0.05, 0.1) is 26.7 Å². The number of anilines is 1. The molecule has 5 heterocycles. The Morgan fingerprint density at radius 2 is 1.89 bits per heavy atom. The van der Waals surface area contributed by atoms with Crippen molar-refractivity contribution in [3.63, 3.8) is 0 Å². The number of halogens is 2. The number of pyridine rings is 2. The smallest absolute Gasteiger partial charge is 0.146 e. The molecule has 0 saturated carbocycles. The second-order valence-electron chi connectivity index (χ2n) is 9.96. The monoisotopic (exact) mass is 533 g/mol. The van der Waals surface area contributed by atoms with Gasteiger partial charge in [0.2, 0.25) is 0 Å². The average Bonchev–Trinajstić information content (AvgIpc) is 3.24. The molecule has 2 aliphatic rings. The van der Waals surface area contributed by atoms with E-state index in [2.05, 4.69) is 38.0 Å². The number of fused-ring (bicyclic) bond motifs is 1. The van der Waals surface area contributed by atoms with Crippen LogP contribution in [-0.4, -0.2) is 56.8 Å². The molecule has 3 aromatic heterocycles. The summed E-state index contributed by atoms with van der Waals surface area (Å²) in [6, 6.07) is 9.89. The topological polar surface area (TPSA) is 94.0 Å². The van der Waals surface area contributed by atoms with E-state index >= 15 is 0 Å². The molecular formula is C27H25Cl2N7O. The van der Waals surface area contributed by atoms with Gasteiger partial charge in [-0.25, -0.2) is 4.98 Å². The number of aromatic amines is 1. The summed E-state index contributed by atoms with van der Waals surface area (Å²) in [7, 11) is 0. The van der Waals surface area contributed by atoms with E-state index in [0.29, 0.717) is 32.6 Å². The minimum Gasteiger partial charge on any atom is -0.486 e. The summed E-state index contributed by atoms with van der Waals surface area (Å²) in [6.07, 6.45) is 5.77. The molecule has 2 fully saturated rings. The number of nitriles is 1. The Balaban J connectivity index is 1.27. The lowest BCUT2D eigenvalue weighted by Gasteiger charge is -2.57. The minimum absolute atomic E-state index is 0.169. The first kappa shape index (κ1) is 24.0. The molecule has 188 valence electrons. The molecule has 37 heavy (non-hydrogen) atoms. The van der Waals surface area contributed by atoms with Gasteiger partial charge in [-0.05, 0) is 44.5 Å². The van der Waals surface area contributed by atoms with Crippen molar-refractivity contribution in [1.29, 1.82) is 5.26 Å². The van der Waals surface area contributed by atoms with E-state index in [1.807, 2.05) is 31.2 Å². The van der Waals surface area contributed by atoms with Gasteiger partial charge in [0.1, 0.15) is 29.4 Å². The molecule has 0 amide bonds. The van der Waals surface area contributed by atoms with Crippen molar-refractivity contribution < 1.29 is 4.74 Å². The Kier molecular flexibility index (Phi) is 5.95. The molecule has 0 aliphatic carbocycles. The number of aromatic nitrogens is 4. The van der Waals surface area contributed by atoms with Crippen LogP contribution in [0.2, 0.25) is 10.0 Å². The van der Waals surface area contributed by atoms with Crippen molar-refractivity contribution in [2.75, 3.05) is 31.1 Å². The van der Waals surface area contributed by atoms with Gasteiger partial charge in [-0.2, -0.15) is 10.4 Å². The molecule has 1 N–H and O–H groups in total. The van der Waals surface area contributed by atoms with Crippen molar-refractivity contribution in [2.45, 2.75) is 31.9 Å². The predicted molar refractivity (Wildman–Crippen MR) is 144 cm³/mol. The first-order valence-electron chi connectivity index (χ1n) is 12.2. The van der Waals surface area contributed by atoms with Gasteiger partial charge in [0.15, 0.2) is 0 Å². The van der Waals surface area contributed by atoms with Crippen LogP contribution in [0, 0.1) is 11.3 Å². The lowest BCUT2D eigenvalue weighted by molar-refractivity contribution is 0.0206. The maximum absolute atomic E-state index is 9.91. The Bertz CT molecular complexity index is 1520. The van der Waals surface area contributed by atoms with E-state index in [-0.39, 0.29) is 11.6 Å². The number of hydrogen-bond donors (Lipinski definition) is 1. The Morgan fingerprint density at radius 3 is 2.57 bits per heavy atom. The number of nitrogens with zero attached hydrogens (tertiary/aromatic N) is 6. The lowest BCUT2D eigenvalue weighted by Crippen LogP contribution is -2.71. The van der Waals surface area contributed by atoms with Crippen LogP contribution in [0.15, 0.2) is 42.9 Å². The Morgan fingerprint density at radius 1 is 1.14 bits per heavy atom. The SMILES string of the molecule is C[C@@H](Oc1ccc2[nH]nc(-c3cnc(N4CC(C)(N5CCC5)C4)c(C#N)c3)c2c1)c1c(Cl)cncc1Cl.